The van der Waals surface area contributed by atoms with Gasteiger partial charge in [-0.1, -0.05) is 58.1 Å². The summed E-state index contributed by atoms with van der Waals surface area (Å²) < 4.78 is 5.62. The Morgan fingerprint density at radius 1 is 0.933 bits per heavy atom. The Kier molecular flexibility index (Phi) is 6.74. The molecule has 88 valence electrons. The van der Waals surface area contributed by atoms with Crippen LogP contribution in [0, 0.1) is 0 Å². The fraction of sp³-hybridized carbons (Fsp3) is 0.857. The molecule has 1 aliphatic heterocycles. The van der Waals surface area contributed by atoms with E-state index in [0.717, 1.165) is 6.42 Å². The molecule has 1 heterocycles. The van der Waals surface area contributed by atoms with Crippen LogP contribution in [0.3, 0.4) is 0 Å². The number of hydrogen-bond donors (Lipinski definition) is 0. The molecule has 0 aromatic carbocycles. The van der Waals surface area contributed by atoms with Gasteiger partial charge in [-0.25, -0.2) is 0 Å². The molecule has 0 unspecified atom stereocenters. The first-order valence-electron chi connectivity index (χ1n) is 6.69. The molecule has 1 heteroatoms. The van der Waals surface area contributed by atoms with Crippen molar-refractivity contribution in [2.75, 3.05) is 0 Å². The summed E-state index contributed by atoms with van der Waals surface area (Å²) in [5, 5.41) is 0. The fourth-order valence-electron chi connectivity index (χ4n) is 1.91. The molecule has 0 amide bonds. The molecule has 0 radical (unpaired) electrons. The van der Waals surface area contributed by atoms with Gasteiger partial charge in [-0.2, -0.15) is 0 Å². The smallest absolute Gasteiger partial charge is 0.0876 e. The van der Waals surface area contributed by atoms with Crippen LogP contribution in [0.25, 0.3) is 0 Å². The lowest BCUT2D eigenvalue weighted by Gasteiger charge is -1.93. The fourth-order valence-corrected chi connectivity index (χ4v) is 1.91. The SMILES string of the molecule is CCCC/C=C\C[C@H]1O[C@H]1CCCCC. The van der Waals surface area contributed by atoms with Gasteiger partial charge >= 0.3 is 0 Å². The van der Waals surface area contributed by atoms with E-state index in [1.165, 1.54) is 44.9 Å². The van der Waals surface area contributed by atoms with E-state index in [-0.39, 0.29) is 0 Å². The molecule has 1 aliphatic rings. The lowest BCUT2D eigenvalue weighted by Crippen LogP contribution is -1.92. The highest BCUT2D eigenvalue weighted by atomic mass is 16.6. The van der Waals surface area contributed by atoms with Crippen molar-refractivity contribution in [1.82, 2.24) is 0 Å². The second-order valence-electron chi connectivity index (χ2n) is 4.56. The summed E-state index contributed by atoms with van der Waals surface area (Å²) in [5.74, 6) is 0. The van der Waals surface area contributed by atoms with Gasteiger partial charge in [-0.3, -0.25) is 0 Å². The van der Waals surface area contributed by atoms with Gasteiger partial charge in [0.05, 0.1) is 12.2 Å². The lowest BCUT2D eigenvalue weighted by atomic mass is 10.1. The first-order valence-corrected chi connectivity index (χ1v) is 6.69. The maximum Gasteiger partial charge on any atom is 0.0876 e. The average molecular weight is 210 g/mol. The minimum atomic E-state index is 0.555. The van der Waals surface area contributed by atoms with E-state index < -0.39 is 0 Å². The van der Waals surface area contributed by atoms with E-state index in [9.17, 15) is 0 Å². The molecular weight excluding hydrogens is 184 g/mol. The lowest BCUT2D eigenvalue weighted by molar-refractivity contribution is 0.359. The summed E-state index contributed by atoms with van der Waals surface area (Å²) >= 11 is 0. The van der Waals surface area contributed by atoms with E-state index in [1.54, 1.807) is 0 Å². The summed E-state index contributed by atoms with van der Waals surface area (Å²) in [6.07, 6.45) is 16.1. The first kappa shape index (κ1) is 12.8. The van der Waals surface area contributed by atoms with Gasteiger partial charge in [0.15, 0.2) is 0 Å². The summed E-state index contributed by atoms with van der Waals surface area (Å²) in [6, 6.07) is 0. The maximum absolute atomic E-state index is 5.62. The normalized spacial score (nSPS) is 24.9. The Labute approximate surface area is 94.9 Å². The van der Waals surface area contributed by atoms with Gasteiger partial charge in [0, 0.05) is 0 Å². The number of hydrogen-bond acceptors (Lipinski definition) is 1. The van der Waals surface area contributed by atoms with Crippen LogP contribution in [0.5, 0.6) is 0 Å². The zero-order chi connectivity index (χ0) is 10.9. The van der Waals surface area contributed by atoms with Crippen molar-refractivity contribution < 1.29 is 4.74 Å². The van der Waals surface area contributed by atoms with Crippen LogP contribution < -0.4 is 0 Å². The molecule has 0 bridgehead atoms. The highest BCUT2D eigenvalue weighted by molar-refractivity contribution is 4.93. The number of rotatable bonds is 9. The largest absolute Gasteiger partial charge is 0.369 e. The zero-order valence-corrected chi connectivity index (χ0v) is 10.4. The predicted molar refractivity (Wildman–Crippen MR) is 66.1 cm³/mol. The molecule has 0 aliphatic carbocycles. The minimum Gasteiger partial charge on any atom is -0.369 e. The Balaban J connectivity index is 1.90. The molecule has 15 heavy (non-hydrogen) atoms. The number of epoxide rings is 1. The maximum atomic E-state index is 5.62. The van der Waals surface area contributed by atoms with Crippen molar-refractivity contribution in [3.05, 3.63) is 12.2 Å². The molecule has 0 aromatic heterocycles. The standard InChI is InChI=1S/C14H26O/c1-3-5-7-8-10-12-14-13(15-14)11-9-6-4-2/h8,10,13-14H,3-7,9,11-12H2,1-2H3/b10-8-/t13-,14+/m0/s1. The summed E-state index contributed by atoms with van der Waals surface area (Å²) in [5.41, 5.74) is 0. The van der Waals surface area contributed by atoms with Crippen molar-refractivity contribution in [2.45, 2.75) is 77.4 Å². The molecule has 0 spiro atoms. The molecule has 1 nitrogen and oxygen atoms in total. The van der Waals surface area contributed by atoms with E-state index >= 15 is 0 Å². The van der Waals surface area contributed by atoms with Crippen molar-refractivity contribution in [3.63, 3.8) is 0 Å². The van der Waals surface area contributed by atoms with Crippen LogP contribution in [-0.4, -0.2) is 12.2 Å². The molecule has 0 N–H and O–H groups in total. The molecule has 1 fully saturated rings. The van der Waals surface area contributed by atoms with Gasteiger partial charge in [-0.15, -0.1) is 0 Å². The van der Waals surface area contributed by atoms with Crippen LogP contribution in [0.1, 0.15) is 65.2 Å². The molecule has 1 saturated heterocycles. The minimum absolute atomic E-state index is 0.555. The highest BCUT2D eigenvalue weighted by Crippen LogP contribution is 2.30. The summed E-state index contributed by atoms with van der Waals surface area (Å²) in [7, 11) is 0. The van der Waals surface area contributed by atoms with Gasteiger partial charge in [0.25, 0.3) is 0 Å². The molecule has 2 atom stereocenters. The van der Waals surface area contributed by atoms with Gasteiger partial charge in [0.1, 0.15) is 0 Å². The molecule has 1 rings (SSSR count). The number of allylic oxidation sites excluding steroid dienone is 1. The van der Waals surface area contributed by atoms with E-state index in [2.05, 4.69) is 26.0 Å². The number of unbranched alkanes of at least 4 members (excludes halogenated alkanes) is 4. The van der Waals surface area contributed by atoms with E-state index in [1.807, 2.05) is 0 Å². The Morgan fingerprint density at radius 3 is 2.47 bits per heavy atom. The summed E-state index contributed by atoms with van der Waals surface area (Å²) in [6.45, 7) is 4.49. The monoisotopic (exact) mass is 210 g/mol. The Hall–Kier alpha value is -0.300. The van der Waals surface area contributed by atoms with Crippen LogP contribution in [0.15, 0.2) is 12.2 Å². The van der Waals surface area contributed by atoms with Gasteiger partial charge in [-0.05, 0) is 19.3 Å². The molecular formula is C14H26O. The number of ether oxygens (including phenoxy) is 1. The van der Waals surface area contributed by atoms with Crippen molar-refractivity contribution in [3.8, 4) is 0 Å². The van der Waals surface area contributed by atoms with Crippen LogP contribution in [-0.2, 0) is 4.74 Å². The van der Waals surface area contributed by atoms with Gasteiger partial charge in [0.2, 0.25) is 0 Å². The zero-order valence-electron chi connectivity index (χ0n) is 10.4. The third-order valence-corrected chi connectivity index (χ3v) is 3.04. The van der Waals surface area contributed by atoms with Crippen LogP contribution in [0.2, 0.25) is 0 Å². The van der Waals surface area contributed by atoms with Crippen LogP contribution in [0.4, 0.5) is 0 Å². The molecule has 0 saturated carbocycles. The van der Waals surface area contributed by atoms with Crippen molar-refractivity contribution in [2.24, 2.45) is 0 Å². The first-order chi connectivity index (χ1) is 7.38. The Morgan fingerprint density at radius 2 is 1.73 bits per heavy atom. The predicted octanol–water partition coefficient (Wildman–Crippen LogP) is 4.47. The third kappa shape index (κ3) is 5.99. The quantitative estimate of drug-likeness (QED) is 0.311. The average Bonchev–Trinajstić information content (AvgIpc) is 2.97. The van der Waals surface area contributed by atoms with Crippen molar-refractivity contribution in [1.29, 1.82) is 0 Å². The van der Waals surface area contributed by atoms with E-state index in [4.69, 9.17) is 4.74 Å². The third-order valence-electron chi connectivity index (χ3n) is 3.04. The topological polar surface area (TPSA) is 12.5 Å². The van der Waals surface area contributed by atoms with Crippen molar-refractivity contribution >= 4 is 0 Å². The molecule has 0 aromatic rings. The second kappa shape index (κ2) is 7.92. The van der Waals surface area contributed by atoms with Crippen LogP contribution >= 0.6 is 0 Å². The highest BCUT2D eigenvalue weighted by Gasteiger charge is 2.36. The summed E-state index contributed by atoms with van der Waals surface area (Å²) in [4.78, 5) is 0. The van der Waals surface area contributed by atoms with Gasteiger partial charge < -0.3 is 4.74 Å². The van der Waals surface area contributed by atoms with E-state index in [0.29, 0.717) is 12.2 Å². The Bertz CT molecular complexity index is 174. The second-order valence-corrected chi connectivity index (χ2v) is 4.56.